The van der Waals surface area contributed by atoms with Gasteiger partial charge in [0, 0.05) is 28.4 Å². The van der Waals surface area contributed by atoms with Gasteiger partial charge < -0.3 is 15.7 Å². The van der Waals surface area contributed by atoms with Crippen LogP contribution in [-0.4, -0.2) is 28.1 Å². The number of hydrogen-bond donors (Lipinski definition) is 3. The van der Waals surface area contributed by atoms with Crippen molar-refractivity contribution < 1.29 is 32.7 Å². The van der Waals surface area contributed by atoms with Gasteiger partial charge in [-0.3, -0.25) is 9.59 Å². The van der Waals surface area contributed by atoms with E-state index in [9.17, 15) is 27.6 Å². The molecule has 0 aliphatic heterocycles. The van der Waals surface area contributed by atoms with E-state index >= 15 is 0 Å². The minimum absolute atomic E-state index is 0.0464. The molecular weight excluding hydrogens is 433 g/mol. The Bertz CT molecular complexity index is 993. The molecule has 0 fully saturated rings. The van der Waals surface area contributed by atoms with Crippen LogP contribution in [0.2, 0.25) is 0 Å². The van der Waals surface area contributed by atoms with Crippen molar-refractivity contribution in [1.29, 1.82) is 0 Å². The summed E-state index contributed by atoms with van der Waals surface area (Å²) in [6.45, 7) is 1.77. The van der Waals surface area contributed by atoms with Crippen LogP contribution in [0.1, 0.15) is 18.9 Å². The van der Waals surface area contributed by atoms with Gasteiger partial charge in [0.05, 0.1) is 10.8 Å². The lowest BCUT2D eigenvalue weighted by atomic mass is 10.2. The number of aliphatic carboxylic acids is 1. The number of nitrogens with one attached hydrogen (secondary N) is 2. The standard InChI is InChI=1S/C21H19F3N2O4S/c1-2-17(20(30)26-14-6-3-5-13(11-14)21(22,23)24)31-16-8-4-7-15(12-16)25-18(27)9-10-19(28)29/h3-12,17H,2H2,1H3,(H,25,27)(H,26,30)(H,28,29)/b10-9+. The van der Waals surface area contributed by atoms with Gasteiger partial charge in [-0.05, 0) is 42.8 Å². The minimum atomic E-state index is -4.51. The molecule has 2 rings (SSSR count). The molecule has 31 heavy (non-hydrogen) atoms. The van der Waals surface area contributed by atoms with Gasteiger partial charge in [0.1, 0.15) is 0 Å². The van der Waals surface area contributed by atoms with Gasteiger partial charge in [-0.1, -0.05) is 19.1 Å². The molecule has 1 unspecified atom stereocenters. The smallest absolute Gasteiger partial charge is 0.416 e. The molecule has 0 aliphatic rings. The third-order valence-corrected chi connectivity index (χ3v) is 5.24. The Hall–Kier alpha value is -3.27. The van der Waals surface area contributed by atoms with Gasteiger partial charge in [-0.15, -0.1) is 11.8 Å². The summed E-state index contributed by atoms with van der Waals surface area (Å²) < 4.78 is 38.6. The average molecular weight is 452 g/mol. The molecule has 2 amide bonds. The van der Waals surface area contributed by atoms with E-state index in [2.05, 4.69) is 10.6 Å². The molecule has 0 heterocycles. The number of anilines is 2. The first kappa shape index (κ1) is 24.0. The Kier molecular flexibility index (Phi) is 8.26. The summed E-state index contributed by atoms with van der Waals surface area (Å²) in [5.74, 6) is -2.33. The van der Waals surface area contributed by atoms with Crippen molar-refractivity contribution in [1.82, 2.24) is 0 Å². The predicted molar refractivity (Wildman–Crippen MR) is 112 cm³/mol. The highest BCUT2D eigenvalue weighted by Gasteiger charge is 2.30. The maximum Gasteiger partial charge on any atom is 0.416 e. The number of benzene rings is 2. The van der Waals surface area contributed by atoms with Crippen LogP contribution in [0.5, 0.6) is 0 Å². The molecule has 2 aromatic carbocycles. The molecule has 164 valence electrons. The maximum atomic E-state index is 12.9. The zero-order chi connectivity index (χ0) is 23.0. The Labute approximate surface area is 180 Å². The largest absolute Gasteiger partial charge is 0.478 e. The van der Waals surface area contributed by atoms with Crippen molar-refractivity contribution in [3.63, 3.8) is 0 Å². The van der Waals surface area contributed by atoms with E-state index < -0.39 is 34.8 Å². The van der Waals surface area contributed by atoms with E-state index in [-0.39, 0.29) is 5.69 Å². The fourth-order valence-corrected chi connectivity index (χ4v) is 3.47. The molecule has 1 atom stereocenters. The third-order valence-electron chi connectivity index (χ3n) is 3.88. The van der Waals surface area contributed by atoms with Crippen LogP contribution in [0.4, 0.5) is 24.5 Å². The summed E-state index contributed by atoms with van der Waals surface area (Å²) >= 11 is 1.19. The first-order chi connectivity index (χ1) is 14.6. The summed E-state index contributed by atoms with van der Waals surface area (Å²) in [6, 6.07) is 11.0. The average Bonchev–Trinajstić information content (AvgIpc) is 2.70. The SMILES string of the molecule is CCC(Sc1cccc(NC(=O)/C=C/C(=O)O)c1)C(=O)Nc1cccc(C(F)(F)F)c1. The topological polar surface area (TPSA) is 95.5 Å². The Morgan fingerprint density at radius 2 is 1.68 bits per heavy atom. The van der Waals surface area contributed by atoms with Crippen LogP contribution in [0.25, 0.3) is 0 Å². The predicted octanol–water partition coefficient (Wildman–Crippen LogP) is 4.79. The van der Waals surface area contributed by atoms with E-state index in [0.29, 0.717) is 23.1 Å². The van der Waals surface area contributed by atoms with E-state index in [1.807, 2.05) is 0 Å². The molecule has 6 nitrogen and oxygen atoms in total. The summed E-state index contributed by atoms with van der Waals surface area (Å²) in [6.07, 6.45) is -2.52. The van der Waals surface area contributed by atoms with Crippen molar-refractivity contribution in [2.75, 3.05) is 10.6 Å². The van der Waals surface area contributed by atoms with Crippen LogP contribution < -0.4 is 10.6 Å². The normalized spacial score (nSPS) is 12.4. The summed E-state index contributed by atoms with van der Waals surface area (Å²) in [5.41, 5.74) is -0.408. The second kappa shape index (κ2) is 10.7. The molecule has 2 aromatic rings. The number of hydrogen-bond acceptors (Lipinski definition) is 4. The fourth-order valence-electron chi connectivity index (χ4n) is 2.46. The van der Waals surface area contributed by atoms with Crippen LogP contribution in [-0.2, 0) is 20.6 Å². The van der Waals surface area contributed by atoms with E-state index in [1.165, 1.54) is 23.9 Å². The summed E-state index contributed by atoms with van der Waals surface area (Å²) in [5, 5.41) is 13.0. The molecule has 0 aromatic heterocycles. The Morgan fingerprint density at radius 3 is 2.29 bits per heavy atom. The van der Waals surface area contributed by atoms with Crippen LogP contribution in [0.3, 0.4) is 0 Å². The second-order valence-electron chi connectivity index (χ2n) is 6.27. The maximum absolute atomic E-state index is 12.9. The number of alkyl halides is 3. The van der Waals surface area contributed by atoms with Crippen molar-refractivity contribution in [2.24, 2.45) is 0 Å². The quantitative estimate of drug-likeness (QED) is 0.395. The van der Waals surface area contributed by atoms with Gasteiger partial charge in [0.15, 0.2) is 0 Å². The fraction of sp³-hybridized carbons (Fsp3) is 0.190. The number of carboxylic acid groups (broad SMARTS) is 1. The van der Waals surface area contributed by atoms with Gasteiger partial charge in [0.25, 0.3) is 0 Å². The zero-order valence-electron chi connectivity index (χ0n) is 16.3. The van der Waals surface area contributed by atoms with E-state index in [4.69, 9.17) is 5.11 Å². The molecule has 0 saturated heterocycles. The molecule has 0 bridgehead atoms. The third kappa shape index (κ3) is 7.82. The van der Waals surface area contributed by atoms with Gasteiger partial charge in [0.2, 0.25) is 11.8 Å². The van der Waals surface area contributed by atoms with Gasteiger partial charge >= 0.3 is 12.1 Å². The minimum Gasteiger partial charge on any atom is -0.478 e. The lowest BCUT2D eigenvalue weighted by Gasteiger charge is -2.16. The zero-order valence-corrected chi connectivity index (χ0v) is 17.1. The lowest BCUT2D eigenvalue weighted by molar-refractivity contribution is -0.137. The molecule has 10 heteroatoms. The Balaban J connectivity index is 2.06. The number of halogens is 3. The molecule has 3 N–H and O–H groups in total. The van der Waals surface area contributed by atoms with E-state index in [1.54, 1.807) is 31.2 Å². The van der Waals surface area contributed by atoms with Crippen molar-refractivity contribution >= 4 is 40.9 Å². The monoisotopic (exact) mass is 452 g/mol. The van der Waals surface area contributed by atoms with Crippen LogP contribution in [0.15, 0.2) is 65.6 Å². The lowest BCUT2D eigenvalue weighted by Crippen LogP contribution is -2.24. The number of carboxylic acids is 1. The molecule has 0 radical (unpaired) electrons. The van der Waals surface area contributed by atoms with Crippen molar-refractivity contribution in [3.05, 3.63) is 66.2 Å². The van der Waals surface area contributed by atoms with Gasteiger partial charge in [-0.2, -0.15) is 13.2 Å². The number of thioether (sulfide) groups is 1. The second-order valence-corrected chi connectivity index (χ2v) is 7.55. The molecular formula is C21H19F3N2O4S. The first-order valence-electron chi connectivity index (χ1n) is 9.05. The van der Waals surface area contributed by atoms with Crippen LogP contribution >= 0.6 is 11.8 Å². The van der Waals surface area contributed by atoms with Crippen molar-refractivity contribution in [2.45, 2.75) is 29.7 Å². The molecule has 0 aliphatic carbocycles. The van der Waals surface area contributed by atoms with Gasteiger partial charge in [-0.25, -0.2) is 4.79 Å². The Morgan fingerprint density at radius 1 is 1.03 bits per heavy atom. The molecule has 0 spiro atoms. The number of rotatable bonds is 8. The number of carbonyl (C=O) groups excluding carboxylic acids is 2. The summed E-state index contributed by atoms with van der Waals surface area (Å²) in [7, 11) is 0. The molecule has 0 saturated carbocycles. The highest BCUT2D eigenvalue weighted by Crippen LogP contribution is 2.32. The highest BCUT2D eigenvalue weighted by atomic mass is 32.2. The van der Waals surface area contributed by atoms with Crippen molar-refractivity contribution in [3.8, 4) is 0 Å². The summed E-state index contributed by atoms with van der Waals surface area (Å²) in [4.78, 5) is 35.4. The number of amides is 2. The van der Waals surface area contributed by atoms with E-state index in [0.717, 1.165) is 18.2 Å². The highest BCUT2D eigenvalue weighted by molar-refractivity contribution is 8.00. The first-order valence-corrected chi connectivity index (χ1v) is 9.93. The van der Waals surface area contributed by atoms with Crippen LogP contribution in [0, 0.1) is 0 Å². The number of carbonyl (C=O) groups is 3.